The second-order valence-electron chi connectivity index (χ2n) is 4.64. The lowest BCUT2D eigenvalue weighted by Gasteiger charge is -2.06. The third-order valence-electron chi connectivity index (χ3n) is 3.07. The Morgan fingerprint density at radius 1 is 1.10 bits per heavy atom. The quantitative estimate of drug-likeness (QED) is 0.763. The predicted octanol–water partition coefficient (Wildman–Crippen LogP) is 3.51. The van der Waals surface area contributed by atoms with Crippen molar-refractivity contribution in [2.75, 3.05) is 7.11 Å². The van der Waals surface area contributed by atoms with E-state index in [1.165, 1.54) is 12.1 Å². The maximum Gasteiger partial charge on any atom is 0.306 e. The fraction of sp³-hybridized carbons (Fsp3) is 0.235. The molecule has 0 aliphatic heterocycles. The molecule has 0 spiro atoms. The molecule has 0 N–H and O–H groups in total. The maximum atomic E-state index is 12.7. The van der Waals surface area contributed by atoms with Crippen LogP contribution in [0.1, 0.15) is 17.5 Å². The number of methoxy groups -OCH3 is 1. The number of esters is 1. The minimum absolute atomic E-state index is 0.164. The molecule has 0 aliphatic rings. The first-order valence-corrected chi connectivity index (χ1v) is 6.70. The van der Waals surface area contributed by atoms with E-state index in [1.54, 1.807) is 19.2 Å². The standard InChI is InChI=1S/C17H17FO3/c1-20-16-4-2-3-13(11-16)7-10-17(19)21-12-14-5-8-15(18)9-6-14/h2-6,8-9,11H,7,10,12H2,1H3. The summed E-state index contributed by atoms with van der Waals surface area (Å²) < 4.78 is 23.0. The molecule has 0 unspecified atom stereocenters. The van der Waals surface area contributed by atoms with Crippen LogP contribution in [-0.4, -0.2) is 13.1 Å². The van der Waals surface area contributed by atoms with Crippen LogP contribution in [0.3, 0.4) is 0 Å². The molecule has 0 heterocycles. The SMILES string of the molecule is COc1cccc(CCC(=O)OCc2ccc(F)cc2)c1. The Kier molecular flexibility index (Phi) is 5.32. The van der Waals surface area contributed by atoms with Crippen LogP contribution in [0.15, 0.2) is 48.5 Å². The Labute approximate surface area is 123 Å². The van der Waals surface area contributed by atoms with E-state index in [0.717, 1.165) is 16.9 Å². The van der Waals surface area contributed by atoms with Crippen LogP contribution >= 0.6 is 0 Å². The van der Waals surface area contributed by atoms with E-state index in [1.807, 2.05) is 24.3 Å². The van der Waals surface area contributed by atoms with Crippen molar-refractivity contribution in [1.82, 2.24) is 0 Å². The number of carbonyl (C=O) groups is 1. The molecule has 2 aromatic rings. The number of hydrogen-bond acceptors (Lipinski definition) is 3. The van der Waals surface area contributed by atoms with Crippen LogP contribution in [0, 0.1) is 5.82 Å². The molecule has 0 saturated carbocycles. The third-order valence-corrected chi connectivity index (χ3v) is 3.07. The molecule has 21 heavy (non-hydrogen) atoms. The fourth-order valence-electron chi connectivity index (χ4n) is 1.89. The van der Waals surface area contributed by atoms with E-state index >= 15 is 0 Å². The highest BCUT2D eigenvalue weighted by Crippen LogP contribution is 2.14. The van der Waals surface area contributed by atoms with E-state index in [4.69, 9.17) is 9.47 Å². The summed E-state index contributed by atoms with van der Waals surface area (Å²) in [5.74, 6) is 0.192. The first kappa shape index (κ1) is 15.0. The second kappa shape index (κ2) is 7.43. The highest BCUT2D eigenvalue weighted by atomic mass is 19.1. The number of halogens is 1. The van der Waals surface area contributed by atoms with Gasteiger partial charge in [0.2, 0.25) is 0 Å². The van der Waals surface area contributed by atoms with Gasteiger partial charge in [-0.3, -0.25) is 4.79 Å². The first-order valence-electron chi connectivity index (χ1n) is 6.70. The summed E-state index contributed by atoms with van der Waals surface area (Å²) in [6.45, 7) is 0.164. The summed E-state index contributed by atoms with van der Waals surface area (Å²) in [7, 11) is 1.61. The molecule has 0 aromatic heterocycles. The van der Waals surface area contributed by atoms with E-state index < -0.39 is 0 Å². The average Bonchev–Trinajstić information content (AvgIpc) is 2.52. The van der Waals surface area contributed by atoms with Crippen LogP contribution in [0.5, 0.6) is 5.75 Å². The van der Waals surface area contributed by atoms with Crippen LogP contribution in [0.4, 0.5) is 4.39 Å². The zero-order chi connectivity index (χ0) is 15.1. The number of hydrogen-bond donors (Lipinski definition) is 0. The first-order chi connectivity index (χ1) is 10.2. The minimum atomic E-state index is -0.303. The molecule has 4 heteroatoms. The van der Waals surface area contributed by atoms with Crippen molar-refractivity contribution in [3.05, 3.63) is 65.5 Å². The van der Waals surface area contributed by atoms with Crippen LogP contribution in [-0.2, 0) is 22.6 Å². The van der Waals surface area contributed by atoms with E-state index in [-0.39, 0.29) is 18.4 Å². The Hall–Kier alpha value is -2.36. The Morgan fingerprint density at radius 2 is 1.86 bits per heavy atom. The summed E-state index contributed by atoms with van der Waals surface area (Å²) in [5, 5.41) is 0. The molecule has 2 aromatic carbocycles. The van der Waals surface area contributed by atoms with Gasteiger partial charge in [0.25, 0.3) is 0 Å². The third kappa shape index (κ3) is 4.91. The monoisotopic (exact) mass is 288 g/mol. The van der Waals surface area contributed by atoms with Crippen molar-refractivity contribution in [2.45, 2.75) is 19.4 Å². The van der Waals surface area contributed by atoms with Gasteiger partial charge in [-0.2, -0.15) is 0 Å². The van der Waals surface area contributed by atoms with Gasteiger partial charge in [0, 0.05) is 6.42 Å². The van der Waals surface area contributed by atoms with Crippen molar-refractivity contribution in [2.24, 2.45) is 0 Å². The molecular formula is C17H17FO3. The zero-order valence-electron chi connectivity index (χ0n) is 11.8. The molecule has 0 radical (unpaired) electrons. The van der Waals surface area contributed by atoms with Gasteiger partial charge in [-0.25, -0.2) is 4.39 Å². The van der Waals surface area contributed by atoms with Crippen LogP contribution < -0.4 is 4.74 Å². The Morgan fingerprint density at radius 3 is 2.57 bits per heavy atom. The van der Waals surface area contributed by atoms with E-state index in [9.17, 15) is 9.18 Å². The molecule has 0 saturated heterocycles. The number of aryl methyl sites for hydroxylation is 1. The molecule has 2 rings (SSSR count). The van der Waals surface area contributed by atoms with E-state index in [0.29, 0.717) is 12.8 Å². The van der Waals surface area contributed by atoms with Crippen molar-refractivity contribution in [3.63, 3.8) is 0 Å². The van der Waals surface area contributed by atoms with Crippen LogP contribution in [0.2, 0.25) is 0 Å². The molecular weight excluding hydrogens is 271 g/mol. The number of benzene rings is 2. The number of rotatable bonds is 6. The average molecular weight is 288 g/mol. The van der Waals surface area contributed by atoms with Crippen LogP contribution in [0.25, 0.3) is 0 Å². The topological polar surface area (TPSA) is 35.5 Å². The molecule has 0 fully saturated rings. The largest absolute Gasteiger partial charge is 0.497 e. The lowest BCUT2D eigenvalue weighted by atomic mass is 10.1. The minimum Gasteiger partial charge on any atom is -0.497 e. The summed E-state index contributed by atoms with van der Waals surface area (Å²) in [5.41, 5.74) is 1.79. The highest BCUT2D eigenvalue weighted by Gasteiger charge is 2.05. The second-order valence-corrected chi connectivity index (χ2v) is 4.64. The van der Waals surface area contributed by atoms with Gasteiger partial charge in [-0.1, -0.05) is 24.3 Å². The normalized spacial score (nSPS) is 10.2. The smallest absolute Gasteiger partial charge is 0.306 e. The van der Waals surface area contributed by atoms with E-state index in [2.05, 4.69) is 0 Å². The highest BCUT2D eigenvalue weighted by molar-refractivity contribution is 5.69. The van der Waals surface area contributed by atoms with Gasteiger partial charge in [-0.05, 0) is 41.8 Å². The van der Waals surface area contributed by atoms with Gasteiger partial charge in [0.15, 0.2) is 0 Å². The Bertz CT molecular complexity index is 593. The van der Waals surface area contributed by atoms with Crippen molar-refractivity contribution >= 4 is 5.97 Å². The van der Waals surface area contributed by atoms with Gasteiger partial charge < -0.3 is 9.47 Å². The lowest BCUT2D eigenvalue weighted by molar-refractivity contribution is -0.144. The van der Waals surface area contributed by atoms with Gasteiger partial charge >= 0.3 is 5.97 Å². The zero-order valence-corrected chi connectivity index (χ0v) is 11.8. The van der Waals surface area contributed by atoms with Crippen molar-refractivity contribution in [3.8, 4) is 5.75 Å². The Balaban J connectivity index is 1.78. The van der Waals surface area contributed by atoms with Gasteiger partial charge in [0.1, 0.15) is 18.2 Å². The van der Waals surface area contributed by atoms with Gasteiger partial charge in [-0.15, -0.1) is 0 Å². The summed E-state index contributed by atoms with van der Waals surface area (Å²) in [4.78, 5) is 11.7. The summed E-state index contributed by atoms with van der Waals surface area (Å²) >= 11 is 0. The summed E-state index contributed by atoms with van der Waals surface area (Å²) in [6, 6.07) is 13.5. The fourth-order valence-corrected chi connectivity index (χ4v) is 1.89. The maximum absolute atomic E-state index is 12.7. The number of ether oxygens (including phenoxy) is 2. The molecule has 0 atom stereocenters. The lowest BCUT2D eigenvalue weighted by Crippen LogP contribution is -2.06. The van der Waals surface area contributed by atoms with Crippen molar-refractivity contribution in [1.29, 1.82) is 0 Å². The molecule has 0 amide bonds. The molecule has 0 aliphatic carbocycles. The molecule has 110 valence electrons. The van der Waals surface area contributed by atoms with Gasteiger partial charge in [0.05, 0.1) is 7.11 Å². The molecule has 0 bridgehead atoms. The van der Waals surface area contributed by atoms with Crippen molar-refractivity contribution < 1.29 is 18.7 Å². The predicted molar refractivity (Wildman–Crippen MR) is 77.5 cm³/mol. The molecule has 3 nitrogen and oxygen atoms in total. The summed E-state index contributed by atoms with van der Waals surface area (Å²) in [6.07, 6.45) is 0.897. The number of carbonyl (C=O) groups excluding carboxylic acids is 1.